The van der Waals surface area contributed by atoms with Gasteiger partial charge in [0.2, 0.25) is 0 Å². The summed E-state index contributed by atoms with van der Waals surface area (Å²) in [5.41, 5.74) is 2.66. The first kappa shape index (κ1) is 12.6. The summed E-state index contributed by atoms with van der Waals surface area (Å²) in [5.74, 6) is -0.972. The fourth-order valence-corrected chi connectivity index (χ4v) is 1.96. The molecule has 5 heteroatoms. The number of aromatic nitrogens is 2. The van der Waals surface area contributed by atoms with Crippen molar-refractivity contribution >= 4 is 28.0 Å². The van der Waals surface area contributed by atoms with Crippen molar-refractivity contribution in [1.82, 2.24) is 9.78 Å². The number of aliphatic carboxylic acids is 1. The maximum absolute atomic E-state index is 10.6. The lowest BCUT2D eigenvalue weighted by atomic mass is 10.1. The molecule has 0 bridgehead atoms. The van der Waals surface area contributed by atoms with Gasteiger partial charge in [0.15, 0.2) is 0 Å². The van der Waals surface area contributed by atoms with E-state index in [4.69, 9.17) is 5.11 Å². The molecule has 0 saturated carbocycles. The van der Waals surface area contributed by atoms with E-state index in [1.54, 1.807) is 17.0 Å². The first-order chi connectivity index (χ1) is 8.58. The molecule has 1 N–H and O–H groups in total. The van der Waals surface area contributed by atoms with Crippen LogP contribution in [0.25, 0.3) is 17.3 Å². The van der Waals surface area contributed by atoms with E-state index >= 15 is 0 Å². The Labute approximate surface area is 113 Å². The Bertz CT molecular complexity index is 600. The van der Waals surface area contributed by atoms with Gasteiger partial charge in [0, 0.05) is 28.7 Å². The monoisotopic (exact) mass is 306 g/mol. The van der Waals surface area contributed by atoms with Crippen molar-refractivity contribution in [3.05, 3.63) is 46.6 Å². The summed E-state index contributed by atoms with van der Waals surface area (Å²) < 4.78 is 2.72. The van der Waals surface area contributed by atoms with Crippen molar-refractivity contribution in [3.8, 4) is 11.3 Å². The molecule has 0 radical (unpaired) electrons. The van der Waals surface area contributed by atoms with Gasteiger partial charge in [-0.25, -0.2) is 4.79 Å². The number of hydrogen-bond donors (Lipinski definition) is 1. The third kappa shape index (κ3) is 2.68. The van der Waals surface area contributed by atoms with Crippen LogP contribution in [0, 0.1) is 0 Å². The van der Waals surface area contributed by atoms with Crippen molar-refractivity contribution in [2.45, 2.75) is 0 Å². The van der Waals surface area contributed by atoms with Crippen molar-refractivity contribution in [2.75, 3.05) is 0 Å². The summed E-state index contributed by atoms with van der Waals surface area (Å²) in [6.07, 6.45) is 4.31. The molecule has 0 aliphatic rings. The molecule has 0 fully saturated rings. The largest absolute Gasteiger partial charge is 0.478 e. The highest BCUT2D eigenvalue weighted by molar-refractivity contribution is 9.10. The van der Waals surface area contributed by atoms with Gasteiger partial charge in [-0.1, -0.05) is 28.1 Å². The molecule has 0 aliphatic heterocycles. The highest BCUT2D eigenvalue weighted by Crippen LogP contribution is 2.25. The summed E-state index contributed by atoms with van der Waals surface area (Å²) in [7, 11) is 1.83. The number of carboxylic acids is 1. The summed E-state index contributed by atoms with van der Waals surface area (Å²) in [4.78, 5) is 10.6. The van der Waals surface area contributed by atoms with E-state index in [1.165, 1.54) is 0 Å². The van der Waals surface area contributed by atoms with Crippen molar-refractivity contribution in [2.24, 2.45) is 7.05 Å². The quantitative estimate of drug-likeness (QED) is 0.887. The molecule has 1 aromatic carbocycles. The van der Waals surface area contributed by atoms with E-state index in [0.717, 1.165) is 27.4 Å². The van der Waals surface area contributed by atoms with Crippen LogP contribution < -0.4 is 0 Å². The maximum Gasteiger partial charge on any atom is 0.328 e. The van der Waals surface area contributed by atoms with E-state index in [2.05, 4.69) is 21.0 Å². The van der Waals surface area contributed by atoms with Gasteiger partial charge in [-0.2, -0.15) is 5.10 Å². The summed E-state index contributed by atoms with van der Waals surface area (Å²) >= 11 is 3.38. The topological polar surface area (TPSA) is 55.1 Å². The van der Waals surface area contributed by atoms with Crippen LogP contribution in [0.3, 0.4) is 0 Å². The second-order valence-corrected chi connectivity index (χ2v) is 4.67. The lowest BCUT2D eigenvalue weighted by molar-refractivity contribution is -0.131. The van der Waals surface area contributed by atoms with Crippen molar-refractivity contribution < 1.29 is 9.90 Å². The van der Waals surface area contributed by atoms with Gasteiger partial charge in [0.1, 0.15) is 0 Å². The molecule has 18 heavy (non-hydrogen) atoms. The van der Waals surface area contributed by atoms with Crippen LogP contribution in [-0.2, 0) is 11.8 Å². The predicted molar refractivity (Wildman–Crippen MR) is 73.0 cm³/mol. The zero-order valence-electron chi connectivity index (χ0n) is 9.67. The Morgan fingerprint density at radius 1 is 1.39 bits per heavy atom. The SMILES string of the molecule is Cn1ncc(C=CC(=O)O)c1-c1ccc(Br)cc1. The Kier molecular flexibility index (Phi) is 3.62. The number of rotatable bonds is 3. The van der Waals surface area contributed by atoms with Gasteiger partial charge in [0.25, 0.3) is 0 Å². The van der Waals surface area contributed by atoms with Crippen LogP contribution in [0.15, 0.2) is 41.0 Å². The van der Waals surface area contributed by atoms with Crippen molar-refractivity contribution in [1.29, 1.82) is 0 Å². The van der Waals surface area contributed by atoms with Gasteiger partial charge in [-0.3, -0.25) is 4.68 Å². The molecule has 92 valence electrons. The third-order valence-electron chi connectivity index (χ3n) is 2.49. The number of benzene rings is 1. The Morgan fingerprint density at radius 2 is 2.06 bits per heavy atom. The van der Waals surface area contributed by atoms with Crippen LogP contribution in [0.2, 0.25) is 0 Å². The van der Waals surface area contributed by atoms with E-state index in [1.807, 2.05) is 31.3 Å². The zero-order chi connectivity index (χ0) is 13.1. The first-order valence-corrected chi connectivity index (χ1v) is 6.06. The highest BCUT2D eigenvalue weighted by Gasteiger charge is 2.08. The molecule has 2 rings (SSSR count). The number of aryl methyl sites for hydroxylation is 1. The lowest BCUT2D eigenvalue weighted by Crippen LogP contribution is -1.94. The Hall–Kier alpha value is -1.88. The average Bonchev–Trinajstić information content (AvgIpc) is 2.69. The molecule has 0 unspecified atom stereocenters. The van der Waals surface area contributed by atoms with Crippen molar-refractivity contribution in [3.63, 3.8) is 0 Å². The standard InChI is InChI=1S/C13H11BrN2O2/c1-16-13(9-2-5-11(14)6-3-9)10(8-15-16)4-7-12(17)18/h2-8H,1H3,(H,17,18). The first-order valence-electron chi connectivity index (χ1n) is 5.27. The highest BCUT2D eigenvalue weighted by atomic mass is 79.9. The Morgan fingerprint density at radius 3 is 2.67 bits per heavy atom. The number of carbonyl (C=O) groups is 1. The smallest absolute Gasteiger partial charge is 0.328 e. The second-order valence-electron chi connectivity index (χ2n) is 3.75. The summed E-state index contributed by atoms with van der Waals surface area (Å²) in [6, 6.07) is 7.79. The minimum absolute atomic E-state index is 0.780. The average molecular weight is 307 g/mol. The molecule has 2 aromatic rings. The van der Waals surface area contributed by atoms with E-state index in [0.29, 0.717) is 0 Å². The molecule has 0 spiro atoms. The van der Waals surface area contributed by atoms with Gasteiger partial charge < -0.3 is 5.11 Å². The van der Waals surface area contributed by atoms with E-state index in [-0.39, 0.29) is 0 Å². The fourth-order valence-electron chi connectivity index (χ4n) is 1.70. The van der Waals surface area contributed by atoms with Gasteiger partial charge >= 0.3 is 5.97 Å². The van der Waals surface area contributed by atoms with Crippen LogP contribution in [-0.4, -0.2) is 20.9 Å². The van der Waals surface area contributed by atoms with Gasteiger partial charge in [-0.05, 0) is 18.2 Å². The second kappa shape index (κ2) is 5.18. The fraction of sp³-hybridized carbons (Fsp3) is 0.0769. The van der Waals surface area contributed by atoms with E-state index in [9.17, 15) is 4.79 Å². The molecule has 1 heterocycles. The van der Waals surface area contributed by atoms with Crippen LogP contribution in [0.4, 0.5) is 0 Å². The number of carboxylic acid groups (broad SMARTS) is 1. The Balaban J connectivity index is 2.46. The summed E-state index contributed by atoms with van der Waals surface area (Å²) in [5, 5.41) is 12.8. The molecule has 0 saturated heterocycles. The number of nitrogens with zero attached hydrogens (tertiary/aromatic N) is 2. The molecule has 0 aliphatic carbocycles. The molecule has 0 amide bonds. The third-order valence-corrected chi connectivity index (χ3v) is 3.02. The predicted octanol–water partition coefficient (Wildman–Crippen LogP) is 2.95. The molecule has 4 nitrogen and oxygen atoms in total. The molecular formula is C13H11BrN2O2. The van der Waals surface area contributed by atoms with Gasteiger partial charge in [0.05, 0.1) is 11.9 Å². The normalized spacial score (nSPS) is 11.0. The minimum Gasteiger partial charge on any atom is -0.478 e. The minimum atomic E-state index is -0.972. The lowest BCUT2D eigenvalue weighted by Gasteiger charge is -2.04. The van der Waals surface area contributed by atoms with Crippen LogP contribution >= 0.6 is 15.9 Å². The van der Waals surface area contributed by atoms with E-state index < -0.39 is 5.97 Å². The zero-order valence-corrected chi connectivity index (χ0v) is 11.3. The van der Waals surface area contributed by atoms with Gasteiger partial charge in [-0.15, -0.1) is 0 Å². The molecule has 0 atom stereocenters. The number of halogens is 1. The van der Waals surface area contributed by atoms with Crippen LogP contribution in [0.1, 0.15) is 5.56 Å². The molecular weight excluding hydrogens is 296 g/mol. The summed E-state index contributed by atoms with van der Waals surface area (Å²) in [6.45, 7) is 0. The molecule has 1 aromatic heterocycles. The maximum atomic E-state index is 10.6. The number of hydrogen-bond acceptors (Lipinski definition) is 2. The van der Waals surface area contributed by atoms with Crippen LogP contribution in [0.5, 0.6) is 0 Å².